The summed E-state index contributed by atoms with van der Waals surface area (Å²) in [5.41, 5.74) is 5.70. The second-order valence-corrected chi connectivity index (χ2v) is 9.02. The first kappa shape index (κ1) is 18.8. The summed E-state index contributed by atoms with van der Waals surface area (Å²) in [7, 11) is -3.93. The molecule has 126 valence electrons. The van der Waals surface area contributed by atoms with E-state index < -0.39 is 38.9 Å². The number of alkyl halides is 2. The van der Waals surface area contributed by atoms with E-state index in [0.29, 0.717) is 6.42 Å². The Morgan fingerprint density at radius 3 is 2.24 bits per heavy atom. The van der Waals surface area contributed by atoms with Crippen LogP contribution in [0.4, 0.5) is 8.78 Å². The van der Waals surface area contributed by atoms with Crippen LogP contribution in [0, 0.1) is 5.92 Å². The van der Waals surface area contributed by atoms with Crippen LogP contribution in [0.2, 0.25) is 0 Å². The molecule has 4 nitrogen and oxygen atoms in total. The Labute approximate surface area is 126 Å². The number of halogens is 2. The highest BCUT2D eigenvalue weighted by molar-refractivity contribution is 7.92. The fraction of sp³-hybridized carbons (Fsp3) is 1.00. The van der Waals surface area contributed by atoms with Gasteiger partial charge in [-0.15, -0.1) is 0 Å². The molecule has 0 heterocycles. The summed E-state index contributed by atoms with van der Waals surface area (Å²) < 4.78 is 51.2. The first-order valence-electron chi connectivity index (χ1n) is 7.59. The topological polar surface area (TPSA) is 80.4 Å². The second-order valence-electron chi connectivity index (χ2n) is 6.47. The Hall–Kier alpha value is -0.270. The molecule has 1 aliphatic rings. The second kappa shape index (κ2) is 7.33. The Morgan fingerprint density at radius 1 is 1.24 bits per heavy atom. The van der Waals surface area contributed by atoms with Gasteiger partial charge in [0.1, 0.15) is 11.9 Å². The molecule has 1 rings (SSSR count). The van der Waals surface area contributed by atoms with Crippen molar-refractivity contribution >= 4 is 9.84 Å². The van der Waals surface area contributed by atoms with Crippen LogP contribution in [-0.4, -0.2) is 42.6 Å². The van der Waals surface area contributed by atoms with E-state index in [0.717, 1.165) is 32.1 Å². The van der Waals surface area contributed by atoms with Gasteiger partial charge < -0.3 is 10.8 Å². The molecule has 0 unspecified atom stereocenters. The minimum Gasteiger partial charge on any atom is -0.385 e. The predicted molar refractivity (Wildman–Crippen MR) is 79.0 cm³/mol. The lowest BCUT2D eigenvalue weighted by Crippen LogP contribution is -2.51. The van der Waals surface area contributed by atoms with Gasteiger partial charge in [-0.05, 0) is 26.2 Å². The maximum absolute atomic E-state index is 14.0. The van der Waals surface area contributed by atoms with Gasteiger partial charge in [0.15, 0.2) is 9.84 Å². The van der Waals surface area contributed by atoms with E-state index in [1.165, 1.54) is 13.8 Å². The van der Waals surface area contributed by atoms with Crippen molar-refractivity contribution in [1.82, 2.24) is 0 Å². The summed E-state index contributed by atoms with van der Waals surface area (Å²) in [6.45, 7) is 2.69. The van der Waals surface area contributed by atoms with E-state index in [1.54, 1.807) is 0 Å². The van der Waals surface area contributed by atoms with Crippen molar-refractivity contribution in [3.8, 4) is 0 Å². The van der Waals surface area contributed by atoms with Crippen molar-refractivity contribution in [2.75, 3.05) is 5.75 Å². The minimum absolute atomic E-state index is 0.251. The van der Waals surface area contributed by atoms with Gasteiger partial charge in [-0.1, -0.05) is 32.1 Å². The van der Waals surface area contributed by atoms with E-state index in [2.05, 4.69) is 0 Å². The van der Waals surface area contributed by atoms with Crippen LogP contribution in [0.3, 0.4) is 0 Å². The fourth-order valence-corrected chi connectivity index (χ4v) is 3.81. The highest BCUT2D eigenvalue weighted by Crippen LogP contribution is 2.31. The third-order valence-electron chi connectivity index (χ3n) is 4.28. The highest BCUT2D eigenvalue weighted by Gasteiger charge is 2.46. The number of rotatable bonds is 7. The van der Waals surface area contributed by atoms with Gasteiger partial charge >= 0.3 is 0 Å². The SMILES string of the molecule is CC(C)S(=O)(=O)CC(F)(F)[C@H](O)[C@@H](N)CC1CCCCC1. The number of aliphatic hydroxyl groups excluding tert-OH is 1. The molecule has 0 amide bonds. The van der Waals surface area contributed by atoms with Crippen molar-refractivity contribution in [2.24, 2.45) is 11.7 Å². The fourth-order valence-electron chi connectivity index (χ4n) is 2.77. The van der Waals surface area contributed by atoms with Gasteiger partial charge in [0.05, 0.1) is 5.25 Å². The molecular formula is C14H27F2NO3S. The van der Waals surface area contributed by atoms with Gasteiger partial charge in [0.25, 0.3) is 5.92 Å². The molecule has 0 bridgehead atoms. The van der Waals surface area contributed by atoms with Gasteiger partial charge in [-0.3, -0.25) is 0 Å². The zero-order valence-electron chi connectivity index (χ0n) is 12.8. The molecule has 0 aromatic carbocycles. The lowest BCUT2D eigenvalue weighted by Gasteiger charge is -2.31. The lowest BCUT2D eigenvalue weighted by molar-refractivity contribution is -0.103. The summed E-state index contributed by atoms with van der Waals surface area (Å²) >= 11 is 0. The third kappa shape index (κ3) is 5.45. The van der Waals surface area contributed by atoms with Crippen molar-refractivity contribution in [3.63, 3.8) is 0 Å². The van der Waals surface area contributed by atoms with Crippen LogP contribution in [-0.2, 0) is 9.84 Å². The molecule has 7 heteroatoms. The normalized spacial score (nSPS) is 21.5. The zero-order valence-corrected chi connectivity index (χ0v) is 13.6. The Bertz CT molecular complexity index is 420. The average molecular weight is 327 g/mol. The first-order chi connectivity index (χ1) is 9.56. The van der Waals surface area contributed by atoms with E-state index in [-0.39, 0.29) is 5.92 Å². The van der Waals surface area contributed by atoms with E-state index >= 15 is 0 Å². The summed E-state index contributed by atoms with van der Waals surface area (Å²) in [6.07, 6.45) is 3.35. The van der Waals surface area contributed by atoms with Gasteiger partial charge in [0.2, 0.25) is 0 Å². The third-order valence-corrected chi connectivity index (χ3v) is 6.50. The number of sulfone groups is 1. The van der Waals surface area contributed by atoms with Crippen molar-refractivity contribution in [1.29, 1.82) is 0 Å². The average Bonchev–Trinajstić information content (AvgIpc) is 2.37. The summed E-state index contributed by atoms with van der Waals surface area (Å²) in [4.78, 5) is 0. The summed E-state index contributed by atoms with van der Waals surface area (Å²) in [5, 5.41) is 8.88. The summed E-state index contributed by atoms with van der Waals surface area (Å²) in [6, 6.07) is -1.09. The molecule has 1 fully saturated rings. The lowest BCUT2D eigenvalue weighted by atomic mass is 9.83. The molecule has 1 aliphatic carbocycles. The molecule has 1 saturated carbocycles. The molecule has 0 saturated heterocycles. The molecule has 2 atom stereocenters. The molecular weight excluding hydrogens is 300 g/mol. The maximum atomic E-state index is 14.0. The Balaban J connectivity index is 2.64. The minimum atomic E-state index is -3.93. The van der Waals surface area contributed by atoms with Gasteiger partial charge in [0, 0.05) is 6.04 Å². The van der Waals surface area contributed by atoms with Crippen molar-refractivity contribution < 1.29 is 22.3 Å². The quantitative estimate of drug-likeness (QED) is 0.750. The maximum Gasteiger partial charge on any atom is 0.288 e. The number of nitrogens with two attached hydrogens (primary N) is 1. The molecule has 0 spiro atoms. The predicted octanol–water partition coefficient (Wildman–Crippen LogP) is 2.10. The largest absolute Gasteiger partial charge is 0.385 e. The Kier molecular flexibility index (Phi) is 6.55. The van der Waals surface area contributed by atoms with Crippen LogP contribution >= 0.6 is 0 Å². The van der Waals surface area contributed by atoms with Crippen LogP contribution in [0.15, 0.2) is 0 Å². The summed E-state index contributed by atoms with van der Waals surface area (Å²) in [5.74, 6) is -4.81. The number of hydrogen-bond acceptors (Lipinski definition) is 4. The zero-order chi connectivity index (χ0) is 16.3. The number of aliphatic hydroxyl groups is 1. The van der Waals surface area contributed by atoms with Gasteiger partial charge in [-0.2, -0.15) is 0 Å². The Morgan fingerprint density at radius 2 is 1.76 bits per heavy atom. The first-order valence-corrected chi connectivity index (χ1v) is 9.31. The molecule has 3 N–H and O–H groups in total. The van der Waals surface area contributed by atoms with Crippen LogP contribution in [0.1, 0.15) is 52.4 Å². The van der Waals surface area contributed by atoms with Gasteiger partial charge in [-0.25, -0.2) is 17.2 Å². The van der Waals surface area contributed by atoms with Crippen LogP contribution < -0.4 is 5.73 Å². The van der Waals surface area contributed by atoms with Crippen LogP contribution in [0.25, 0.3) is 0 Å². The molecule has 0 radical (unpaired) electrons. The molecule has 0 aromatic heterocycles. The van der Waals surface area contributed by atoms with Crippen LogP contribution in [0.5, 0.6) is 0 Å². The van der Waals surface area contributed by atoms with E-state index in [4.69, 9.17) is 5.73 Å². The standard InChI is InChI=1S/C14H27F2NO3S/c1-10(2)21(19,20)9-14(15,16)13(18)12(17)8-11-6-4-3-5-7-11/h10-13,18H,3-9,17H2,1-2H3/t12-,13+/m0/s1. The number of hydrogen-bond donors (Lipinski definition) is 2. The smallest absolute Gasteiger partial charge is 0.288 e. The monoisotopic (exact) mass is 327 g/mol. The van der Waals surface area contributed by atoms with E-state index in [1.807, 2.05) is 0 Å². The molecule has 21 heavy (non-hydrogen) atoms. The van der Waals surface area contributed by atoms with Crippen molar-refractivity contribution in [2.45, 2.75) is 75.7 Å². The van der Waals surface area contributed by atoms with Crippen molar-refractivity contribution in [3.05, 3.63) is 0 Å². The molecule has 0 aromatic rings. The van der Waals surface area contributed by atoms with E-state index in [9.17, 15) is 22.3 Å². The highest BCUT2D eigenvalue weighted by atomic mass is 32.2. The molecule has 0 aliphatic heterocycles.